The van der Waals surface area contributed by atoms with Gasteiger partial charge in [-0.25, -0.2) is 4.39 Å². The van der Waals surface area contributed by atoms with E-state index < -0.39 is 0 Å². The summed E-state index contributed by atoms with van der Waals surface area (Å²) < 4.78 is 13.8. The number of rotatable bonds is 4. The topological polar surface area (TPSA) is 38.0 Å². The van der Waals surface area contributed by atoms with E-state index in [-0.39, 0.29) is 11.9 Å². The van der Waals surface area contributed by atoms with Gasteiger partial charge in [0.2, 0.25) is 0 Å². The van der Waals surface area contributed by atoms with E-state index >= 15 is 0 Å². The molecule has 2 aromatic rings. The molecule has 0 bridgehead atoms. The van der Waals surface area contributed by atoms with Crippen LogP contribution in [-0.4, -0.2) is 6.54 Å². The predicted molar refractivity (Wildman–Crippen MR) is 73.8 cm³/mol. The van der Waals surface area contributed by atoms with Crippen molar-refractivity contribution in [1.29, 1.82) is 0 Å². The van der Waals surface area contributed by atoms with Crippen molar-refractivity contribution in [2.45, 2.75) is 6.04 Å². The molecule has 1 atom stereocenters. The van der Waals surface area contributed by atoms with E-state index in [4.69, 9.17) is 5.73 Å². The summed E-state index contributed by atoms with van der Waals surface area (Å²) in [4.78, 5) is 1.16. The first-order valence-corrected chi connectivity index (χ1v) is 6.82. The molecule has 1 aromatic carbocycles. The van der Waals surface area contributed by atoms with Crippen molar-refractivity contribution in [1.82, 2.24) is 0 Å². The highest BCUT2D eigenvalue weighted by Crippen LogP contribution is 2.27. The molecule has 1 unspecified atom stereocenters. The molecule has 0 aliphatic heterocycles. The van der Waals surface area contributed by atoms with Crippen molar-refractivity contribution >= 4 is 33.0 Å². The molecule has 1 heterocycles. The zero-order valence-corrected chi connectivity index (χ0v) is 11.4. The molecule has 2 nitrogen and oxygen atoms in total. The van der Waals surface area contributed by atoms with E-state index in [1.807, 2.05) is 11.4 Å². The van der Waals surface area contributed by atoms with Crippen molar-refractivity contribution in [3.05, 3.63) is 50.9 Å². The summed E-state index contributed by atoms with van der Waals surface area (Å²) in [5.74, 6) is -0.237. The first-order chi connectivity index (χ1) is 8.19. The number of halogens is 2. The number of hydrogen-bond donors (Lipinski definition) is 2. The maximum atomic E-state index is 12.8. The van der Waals surface area contributed by atoms with Gasteiger partial charge in [-0.05, 0) is 46.3 Å². The van der Waals surface area contributed by atoms with Crippen LogP contribution in [0.15, 0.2) is 40.2 Å². The zero-order valence-electron chi connectivity index (χ0n) is 8.99. The van der Waals surface area contributed by atoms with Gasteiger partial charge in [0, 0.05) is 27.0 Å². The number of nitrogens with one attached hydrogen (secondary N) is 1. The lowest BCUT2D eigenvalue weighted by Gasteiger charge is -2.16. The predicted octanol–water partition coefficient (Wildman–Crippen LogP) is 3.76. The molecule has 0 aliphatic rings. The maximum absolute atomic E-state index is 12.8. The van der Waals surface area contributed by atoms with Gasteiger partial charge in [0.15, 0.2) is 0 Å². The van der Waals surface area contributed by atoms with E-state index in [2.05, 4.69) is 21.2 Å². The minimum Gasteiger partial charge on any atom is -0.376 e. The van der Waals surface area contributed by atoms with E-state index in [1.165, 1.54) is 12.1 Å². The summed E-state index contributed by atoms with van der Waals surface area (Å²) in [5, 5.41) is 5.30. The van der Waals surface area contributed by atoms with Crippen LogP contribution < -0.4 is 11.1 Å². The van der Waals surface area contributed by atoms with Crippen molar-refractivity contribution in [2.24, 2.45) is 5.73 Å². The second kappa shape index (κ2) is 5.62. The molecule has 0 spiro atoms. The molecular weight excluding hydrogens is 303 g/mol. The summed E-state index contributed by atoms with van der Waals surface area (Å²) in [7, 11) is 0. The summed E-state index contributed by atoms with van der Waals surface area (Å²) >= 11 is 5.06. The highest BCUT2D eigenvalue weighted by molar-refractivity contribution is 9.10. The Bertz CT molecular complexity index is 484. The van der Waals surface area contributed by atoms with Crippen LogP contribution in [0.1, 0.15) is 10.9 Å². The van der Waals surface area contributed by atoms with Crippen molar-refractivity contribution in [2.75, 3.05) is 11.9 Å². The van der Waals surface area contributed by atoms with Gasteiger partial charge < -0.3 is 11.1 Å². The Morgan fingerprint density at radius 2 is 2.06 bits per heavy atom. The Kier molecular flexibility index (Phi) is 4.15. The largest absolute Gasteiger partial charge is 0.376 e. The second-order valence-corrected chi connectivity index (χ2v) is 5.47. The molecule has 17 heavy (non-hydrogen) atoms. The molecule has 0 radical (unpaired) electrons. The Balaban J connectivity index is 2.12. The first kappa shape index (κ1) is 12.5. The zero-order chi connectivity index (χ0) is 12.3. The average molecular weight is 315 g/mol. The monoisotopic (exact) mass is 314 g/mol. The number of nitrogens with two attached hydrogens (primary N) is 1. The van der Waals surface area contributed by atoms with Crippen LogP contribution in [0.4, 0.5) is 10.1 Å². The number of benzene rings is 1. The SMILES string of the molecule is NCC(Nc1ccc(F)cc1)c1cc(Br)cs1. The third-order valence-corrected chi connectivity index (χ3v) is 4.16. The highest BCUT2D eigenvalue weighted by Gasteiger charge is 2.11. The molecule has 3 N–H and O–H groups in total. The van der Waals surface area contributed by atoms with Gasteiger partial charge >= 0.3 is 0 Å². The van der Waals surface area contributed by atoms with Gasteiger partial charge in [0.25, 0.3) is 0 Å². The van der Waals surface area contributed by atoms with Crippen molar-refractivity contribution in [3.63, 3.8) is 0 Å². The first-order valence-electron chi connectivity index (χ1n) is 5.15. The van der Waals surface area contributed by atoms with Crippen molar-refractivity contribution in [3.8, 4) is 0 Å². The number of hydrogen-bond acceptors (Lipinski definition) is 3. The van der Waals surface area contributed by atoms with Gasteiger partial charge in [0.1, 0.15) is 5.82 Å². The summed E-state index contributed by atoms with van der Waals surface area (Å²) in [6, 6.07) is 8.37. The quantitative estimate of drug-likeness (QED) is 0.901. The smallest absolute Gasteiger partial charge is 0.123 e. The fraction of sp³-hybridized carbons (Fsp3) is 0.167. The Morgan fingerprint density at radius 3 is 2.59 bits per heavy atom. The summed E-state index contributed by atoms with van der Waals surface area (Å²) in [6.45, 7) is 0.490. The van der Waals surface area contributed by atoms with Crippen LogP contribution >= 0.6 is 27.3 Å². The van der Waals surface area contributed by atoms with Crippen molar-refractivity contribution < 1.29 is 4.39 Å². The molecule has 0 saturated heterocycles. The minimum atomic E-state index is -0.237. The normalized spacial score (nSPS) is 12.4. The molecule has 90 valence electrons. The van der Waals surface area contributed by atoms with Gasteiger partial charge in [-0.1, -0.05) is 0 Å². The van der Waals surface area contributed by atoms with Crippen LogP contribution in [0.5, 0.6) is 0 Å². The third kappa shape index (κ3) is 3.28. The lowest BCUT2D eigenvalue weighted by Crippen LogP contribution is -2.19. The molecule has 2 rings (SSSR count). The van der Waals surface area contributed by atoms with E-state index in [0.717, 1.165) is 15.0 Å². The lowest BCUT2D eigenvalue weighted by atomic mass is 10.2. The second-order valence-electron chi connectivity index (χ2n) is 3.61. The lowest BCUT2D eigenvalue weighted by molar-refractivity contribution is 0.628. The molecule has 0 fully saturated rings. The van der Waals surface area contributed by atoms with Gasteiger partial charge in [-0.15, -0.1) is 11.3 Å². The average Bonchev–Trinajstić information content (AvgIpc) is 2.75. The van der Waals surface area contributed by atoms with Crippen LogP contribution in [0, 0.1) is 5.82 Å². The standard InChI is InChI=1S/C12H12BrFN2S/c13-8-5-12(17-7-8)11(6-15)16-10-3-1-9(14)2-4-10/h1-5,7,11,16H,6,15H2. The maximum Gasteiger partial charge on any atom is 0.123 e. The Morgan fingerprint density at radius 1 is 1.35 bits per heavy atom. The van der Waals surface area contributed by atoms with E-state index in [0.29, 0.717) is 6.54 Å². The molecule has 0 saturated carbocycles. The van der Waals surface area contributed by atoms with Gasteiger partial charge in [-0.3, -0.25) is 0 Å². The fourth-order valence-corrected chi connectivity index (χ4v) is 3.01. The highest BCUT2D eigenvalue weighted by atomic mass is 79.9. The molecule has 0 amide bonds. The van der Waals surface area contributed by atoms with Crippen LogP contribution in [-0.2, 0) is 0 Å². The van der Waals surface area contributed by atoms with Crippen LogP contribution in [0.25, 0.3) is 0 Å². The minimum absolute atomic E-state index is 0.0526. The number of thiophene rings is 1. The van der Waals surface area contributed by atoms with Gasteiger partial charge in [-0.2, -0.15) is 0 Å². The number of anilines is 1. The molecule has 1 aromatic heterocycles. The third-order valence-electron chi connectivity index (χ3n) is 2.35. The van der Waals surface area contributed by atoms with E-state index in [1.54, 1.807) is 23.5 Å². The molecule has 5 heteroatoms. The molecule has 0 aliphatic carbocycles. The summed E-state index contributed by atoms with van der Waals surface area (Å²) in [5.41, 5.74) is 6.61. The summed E-state index contributed by atoms with van der Waals surface area (Å²) in [6.07, 6.45) is 0. The van der Waals surface area contributed by atoms with Gasteiger partial charge in [0.05, 0.1) is 6.04 Å². The Hall–Kier alpha value is -0.910. The molecular formula is C12H12BrFN2S. The van der Waals surface area contributed by atoms with E-state index in [9.17, 15) is 4.39 Å². The Labute approximate surface area is 112 Å². The fourth-order valence-electron chi connectivity index (χ4n) is 1.50. The van der Waals surface area contributed by atoms with Crippen LogP contribution in [0.2, 0.25) is 0 Å². The van der Waals surface area contributed by atoms with Crippen LogP contribution in [0.3, 0.4) is 0 Å².